The van der Waals surface area contributed by atoms with Crippen LogP contribution in [0.15, 0.2) is 12.1 Å². The van der Waals surface area contributed by atoms with Gasteiger partial charge >= 0.3 is 0 Å². The lowest BCUT2D eigenvalue weighted by Gasteiger charge is -2.32. The van der Waals surface area contributed by atoms with Crippen LogP contribution in [0.5, 0.6) is 5.75 Å². The maximum atomic E-state index is 12.3. The van der Waals surface area contributed by atoms with E-state index in [4.69, 9.17) is 16.3 Å². The molecule has 0 bridgehead atoms. The van der Waals surface area contributed by atoms with Crippen LogP contribution >= 0.6 is 34.2 Å². The van der Waals surface area contributed by atoms with Gasteiger partial charge in [0.15, 0.2) is 0 Å². The van der Waals surface area contributed by atoms with E-state index in [9.17, 15) is 9.90 Å². The molecule has 0 heterocycles. The van der Waals surface area contributed by atoms with Crippen LogP contribution in [0.2, 0.25) is 5.02 Å². The molecule has 0 saturated heterocycles. The number of hydrogen-bond donors (Lipinski definition) is 2. The Morgan fingerprint density at radius 3 is 2.71 bits per heavy atom. The molecule has 6 heteroatoms. The SMILES string of the molecule is COc1cc(I)c(Cl)cc1C(=O)NCC1(O)CCCCC1. The number of rotatable bonds is 4. The summed E-state index contributed by atoms with van der Waals surface area (Å²) >= 11 is 8.16. The summed E-state index contributed by atoms with van der Waals surface area (Å²) in [4.78, 5) is 12.3. The highest BCUT2D eigenvalue weighted by atomic mass is 127. The second-order valence-electron chi connectivity index (χ2n) is 5.43. The molecule has 0 aliphatic heterocycles. The Hall–Kier alpha value is -0.530. The fourth-order valence-electron chi connectivity index (χ4n) is 2.60. The lowest BCUT2D eigenvalue weighted by Crippen LogP contribution is -2.44. The summed E-state index contributed by atoms with van der Waals surface area (Å²) in [5.41, 5.74) is -0.393. The summed E-state index contributed by atoms with van der Waals surface area (Å²) in [6.45, 7) is 0.262. The third-order valence-corrected chi connectivity index (χ3v) is 5.37. The van der Waals surface area contributed by atoms with E-state index in [1.165, 1.54) is 7.11 Å². The first-order valence-corrected chi connectivity index (χ1v) is 8.44. The van der Waals surface area contributed by atoms with E-state index in [0.717, 1.165) is 35.7 Å². The van der Waals surface area contributed by atoms with E-state index >= 15 is 0 Å². The predicted molar refractivity (Wildman–Crippen MR) is 91.1 cm³/mol. The molecule has 0 aromatic heterocycles. The fraction of sp³-hybridized carbons (Fsp3) is 0.533. The Morgan fingerprint density at radius 1 is 1.43 bits per heavy atom. The molecule has 4 nitrogen and oxygen atoms in total. The highest BCUT2D eigenvalue weighted by Crippen LogP contribution is 2.29. The van der Waals surface area contributed by atoms with Crippen LogP contribution in [0.3, 0.4) is 0 Å². The maximum absolute atomic E-state index is 12.3. The molecule has 21 heavy (non-hydrogen) atoms. The van der Waals surface area contributed by atoms with Crippen LogP contribution in [0.4, 0.5) is 0 Å². The predicted octanol–water partition coefficient (Wildman–Crippen LogP) is 3.38. The van der Waals surface area contributed by atoms with Gasteiger partial charge in [-0.2, -0.15) is 0 Å². The van der Waals surface area contributed by atoms with Gasteiger partial charge in [0.1, 0.15) is 5.75 Å². The third-order valence-electron chi connectivity index (χ3n) is 3.85. The minimum absolute atomic E-state index is 0.262. The summed E-state index contributed by atoms with van der Waals surface area (Å²) in [5, 5.41) is 13.7. The molecule has 2 N–H and O–H groups in total. The largest absolute Gasteiger partial charge is 0.496 e. The Morgan fingerprint density at radius 2 is 2.10 bits per heavy atom. The molecule has 1 saturated carbocycles. The van der Waals surface area contributed by atoms with Crippen molar-refractivity contribution in [3.63, 3.8) is 0 Å². The van der Waals surface area contributed by atoms with E-state index in [0.29, 0.717) is 16.3 Å². The summed E-state index contributed by atoms with van der Waals surface area (Å²) in [6, 6.07) is 3.33. The highest BCUT2D eigenvalue weighted by molar-refractivity contribution is 14.1. The quantitative estimate of drug-likeness (QED) is 0.730. The number of nitrogens with one attached hydrogen (secondary N) is 1. The first-order chi connectivity index (χ1) is 9.95. The molecule has 0 unspecified atom stereocenters. The Bertz CT molecular complexity index is 530. The molecule has 2 rings (SSSR count). The van der Waals surface area contributed by atoms with Gasteiger partial charge in [-0.05, 0) is 47.6 Å². The number of aliphatic hydroxyl groups is 1. The Labute approximate surface area is 143 Å². The average molecular weight is 424 g/mol. The van der Waals surface area contributed by atoms with Gasteiger partial charge in [0.2, 0.25) is 0 Å². The van der Waals surface area contributed by atoms with Gasteiger partial charge in [0, 0.05) is 10.1 Å². The molecule has 116 valence electrons. The van der Waals surface area contributed by atoms with Crippen molar-refractivity contribution >= 4 is 40.1 Å². The fourth-order valence-corrected chi connectivity index (χ4v) is 3.20. The van der Waals surface area contributed by atoms with Gasteiger partial charge in [-0.15, -0.1) is 0 Å². The smallest absolute Gasteiger partial charge is 0.255 e. The van der Waals surface area contributed by atoms with Gasteiger partial charge in [0.05, 0.1) is 23.3 Å². The van der Waals surface area contributed by atoms with Crippen LogP contribution in [0.25, 0.3) is 0 Å². The van der Waals surface area contributed by atoms with Gasteiger partial charge in [-0.1, -0.05) is 30.9 Å². The Balaban J connectivity index is 2.08. The number of benzene rings is 1. The topological polar surface area (TPSA) is 58.6 Å². The molecule has 0 spiro atoms. The van der Waals surface area contributed by atoms with Crippen LogP contribution < -0.4 is 10.1 Å². The number of methoxy groups -OCH3 is 1. The lowest BCUT2D eigenvalue weighted by molar-refractivity contribution is 0.00523. The monoisotopic (exact) mass is 423 g/mol. The molecular formula is C15H19ClINO3. The number of halogens is 2. The van der Waals surface area contributed by atoms with E-state index < -0.39 is 5.60 Å². The highest BCUT2D eigenvalue weighted by Gasteiger charge is 2.30. The number of ether oxygens (including phenoxy) is 1. The van der Waals surface area contributed by atoms with Crippen molar-refractivity contribution in [3.05, 3.63) is 26.3 Å². The zero-order chi connectivity index (χ0) is 15.5. The molecule has 1 fully saturated rings. The molecular weight excluding hydrogens is 405 g/mol. The second kappa shape index (κ2) is 7.15. The van der Waals surface area contributed by atoms with E-state index in [2.05, 4.69) is 27.9 Å². The van der Waals surface area contributed by atoms with Crippen molar-refractivity contribution in [3.8, 4) is 5.75 Å². The van der Waals surface area contributed by atoms with Gasteiger partial charge in [-0.25, -0.2) is 0 Å². The average Bonchev–Trinajstić information content (AvgIpc) is 2.48. The van der Waals surface area contributed by atoms with Crippen LogP contribution in [0, 0.1) is 3.57 Å². The van der Waals surface area contributed by atoms with Crippen molar-refractivity contribution in [2.24, 2.45) is 0 Å². The first-order valence-electron chi connectivity index (χ1n) is 6.99. The van der Waals surface area contributed by atoms with Crippen molar-refractivity contribution in [2.45, 2.75) is 37.7 Å². The number of carbonyl (C=O) groups is 1. The first kappa shape index (κ1) is 16.8. The minimum Gasteiger partial charge on any atom is -0.496 e. The number of amides is 1. The Kier molecular flexibility index (Phi) is 5.73. The number of carbonyl (C=O) groups excluding carboxylic acids is 1. The summed E-state index contributed by atoms with van der Waals surface area (Å²) in [6.07, 6.45) is 4.63. The second-order valence-corrected chi connectivity index (χ2v) is 7.00. The van der Waals surface area contributed by atoms with Crippen LogP contribution in [-0.2, 0) is 0 Å². The van der Waals surface area contributed by atoms with Gasteiger partial charge in [-0.3, -0.25) is 4.79 Å². The van der Waals surface area contributed by atoms with Crippen molar-refractivity contribution in [1.29, 1.82) is 0 Å². The van der Waals surface area contributed by atoms with E-state index in [1.54, 1.807) is 12.1 Å². The minimum atomic E-state index is -0.784. The molecule has 1 aliphatic rings. The molecule has 1 aromatic carbocycles. The van der Waals surface area contributed by atoms with Crippen molar-refractivity contribution in [2.75, 3.05) is 13.7 Å². The van der Waals surface area contributed by atoms with E-state index in [-0.39, 0.29) is 12.5 Å². The maximum Gasteiger partial charge on any atom is 0.255 e. The van der Waals surface area contributed by atoms with Gasteiger partial charge in [0.25, 0.3) is 5.91 Å². The van der Waals surface area contributed by atoms with Gasteiger partial charge < -0.3 is 15.2 Å². The molecule has 1 amide bonds. The van der Waals surface area contributed by atoms with Crippen molar-refractivity contribution in [1.82, 2.24) is 5.32 Å². The standard InChI is InChI=1S/C15H19ClINO3/c1-21-13-8-12(17)11(16)7-10(13)14(19)18-9-15(20)5-3-2-4-6-15/h7-8,20H,2-6,9H2,1H3,(H,18,19). The molecule has 0 atom stereocenters. The molecule has 0 radical (unpaired) electrons. The zero-order valence-electron chi connectivity index (χ0n) is 11.9. The van der Waals surface area contributed by atoms with E-state index in [1.807, 2.05) is 0 Å². The summed E-state index contributed by atoms with van der Waals surface area (Å²) in [7, 11) is 1.52. The van der Waals surface area contributed by atoms with Crippen molar-refractivity contribution < 1.29 is 14.6 Å². The number of hydrogen-bond acceptors (Lipinski definition) is 3. The van der Waals surface area contributed by atoms with Crippen LogP contribution in [-0.4, -0.2) is 30.3 Å². The zero-order valence-corrected chi connectivity index (χ0v) is 14.8. The normalized spacial score (nSPS) is 17.3. The molecule has 1 aromatic rings. The summed E-state index contributed by atoms with van der Waals surface area (Å²) in [5.74, 6) is 0.209. The third kappa shape index (κ3) is 4.23. The lowest BCUT2D eigenvalue weighted by atomic mass is 9.85. The molecule has 1 aliphatic carbocycles. The van der Waals surface area contributed by atoms with Crippen LogP contribution in [0.1, 0.15) is 42.5 Å². The summed E-state index contributed by atoms with van der Waals surface area (Å²) < 4.78 is 6.06.